The van der Waals surface area contributed by atoms with Crippen molar-refractivity contribution in [1.29, 1.82) is 0 Å². The van der Waals surface area contributed by atoms with Crippen molar-refractivity contribution in [3.05, 3.63) is 188 Å². The van der Waals surface area contributed by atoms with Gasteiger partial charge in [-0.25, -0.2) is 0 Å². The molecular weight excluding hydrogens is 699 g/mol. The second kappa shape index (κ2) is 12.3. The molecule has 0 fully saturated rings. The average Bonchev–Trinajstić information content (AvgIpc) is 3.94. The van der Waals surface area contributed by atoms with E-state index in [2.05, 4.69) is 185 Å². The van der Waals surface area contributed by atoms with E-state index < -0.39 is 0 Å². The molecule has 6 nitrogen and oxygen atoms in total. The number of nitrogens with zero attached hydrogens (tertiary/aromatic N) is 5. The number of furan rings is 1. The summed E-state index contributed by atoms with van der Waals surface area (Å²) in [6.45, 7) is 0. The fourth-order valence-corrected chi connectivity index (χ4v) is 8.61. The Hall–Kier alpha value is -7.83. The number of rotatable bonds is 5. The molecule has 0 aliphatic rings. The van der Waals surface area contributed by atoms with Crippen molar-refractivity contribution in [3.8, 4) is 45.5 Å². The van der Waals surface area contributed by atoms with Crippen molar-refractivity contribution in [2.24, 2.45) is 0 Å². The van der Waals surface area contributed by atoms with Gasteiger partial charge in [-0.1, -0.05) is 152 Å². The summed E-state index contributed by atoms with van der Waals surface area (Å²) in [5, 5.41) is 6.85. The zero-order chi connectivity index (χ0) is 37.5. The molecule has 8 aromatic carbocycles. The first kappa shape index (κ1) is 31.5. The lowest BCUT2D eigenvalue weighted by atomic mass is 9.98. The summed E-state index contributed by atoms with van der Waals surface area (Å²) < 4.78 is 10.7. The lowest BCUT2D eigenvalue weighted by Crippen LogP contribution is -2.10. The highest BCUT2D eigenvalue weighted by Gasteiger charge is 2.20. The van der Waals surface area contributed by atoms with Gasteiger partial charge < -0.3 is 4.42 Å². The maximum Gasteiger partial charge on any atom is 0.240 e. The van der Waals surface area contributed by atoms with Crippen LogP contribution in [0.15, 0.2) is 192 Å². The van der Waals surface area contributed by atoms with Gasteiger partial charge in [0.15, 0.2) is 5.82 Å². The molecule has 12 aromatic rings. The summed E-state index contributed by atoms with van der Waals surface area (Å²) in [7, 11) is 0. The summed E-state index contributed by atoms with van der Waals surface area (Å²) in [6, 6.07) is 65.6. The Labute approximate surface area is 326 Å². The number of hydrogen-bond acceptors (Lipinski definition) is 4. The Morgan fingerprint density at radius 2 is 0.789 bits per heavy atom. The average molecular weight is 730 g/mol. The highest BCUT2D eigenvalue weighted by atomic mass is 16.3. The molecule has 0 bridgehead atoms. The topological polar surface area (TPSA) is 61.7 Å². The zero-order valence-electron chi connectivity index (χ0n) is 30.5. The van der Waals surface area contributed by atoms with Gasteiger partial charge in [-0.2, -0.15) is 15.0 Å². The Morgan fingerprint density at radius 1 is 0.333 bits per heavy atom. The van der Waals surface area contributed by atoms with Crippen molar-refractivity contribution >= 4 is 65.6 Å². The molecule has 0 unspecified atom stereocenters. The summed E-state index contributed by atoms with van der Waals surface area (Å²) in [6.07, 6.45) is 0. The van der Waals surface area contributed by atoms with E-state index in [0.29, 0.717) is 17.7 Å². The quantitative estimate of drug-likeness (QED) is 0.177. The van der Waals surface area contributed by atoms with Crippen LogP contribution in [0.2, 0.25) is 0 Å². The Bertz CT molecular complexity index is 3300. The van der Waals surface area contributed by atoms with Crippen LogP contribution in [-0.4, -0.2) is 24.1 Å². The molecule has 4 heterocycles. The zero-order valence-corrected chi connectivity index (χ0v) is 30.5. The molecule has 57 heavy (non-hydrogen) atoms. The van der Waals surface area contributed by atoms with Crippen LogP contribution in [0.1, 0.15) is 0 Å². The fraction of sp³-hybridized carbons (Fsp3) is 0. The van der Waals surface area contributed by atoms with E-state index >= 15 is 0 Å². The maximum atomic E-state index is 6.36. The van der Waals surface area contributed by atoms with Gasteiger partial charge in [0.05, 0.1) is 22.1 Å². The van der Waals surface area contributed by atoms with Gasteiger partial charge in [-0.15, -0.1) is 0 Å². The first-order valence-corrected chi connectivity index (χ1v) is 19.1. The van der Waals surface area contributed by atoms with Gasteiger partial charge in [0, 0.05) is 43.4 Å². The van der Waals surface area contributed by atoms with Crippen molar-refractivity contribution in [3.63, 3.8) is 0 Å². The Balaban J connectivity index is 1.03. The number of hydrogen-bond donors (Lipinski definition) is 0. The minimum Gasteiger partial charge on any atom is -0.455 e. The van der Waals surface area contributed by atoms with Crippen LogP contribution < -0.4 is 0 Å². The molecule has 0 amide bonds. The lowest BCUT2D eigenvalue weighted by molar-refractivity contribution is 0.670. The van der Waals surface area contributed by atoms with Crippen molar-refractivity contribution in [1.82, 2.24) is 24.1 Å². The SMILES string of the molecule is c1cc(-c2ccc(-c3cccc4c3oc3ccccc34)cc2)cc(-c2nc(-n3c4ccccc4c4ccccc43)nc(-n3c4ccccc4c4ccccc43)n2)c1. The molecule has 0 saturated carbocycles. The largest absolute Gasteiger partial charge is 0.455 e. The molecule has 0 aliphatic carbocycles. The molecule has 0 radical (unpaired) electrons. The van der Waals surface area contributed by atoms with Gasteiger partial charge in [-0.05, 0) is 53.1 Å². The Morgan fingerprint density at radius 3 is 1.37 bits per heavy atom. The van der Waals surface area contributed by atoms with E-state index in [1.54, 1.807) is 0 Å². The predicted molar refractivity (Wildman–Crippen MR) is 232 cm³/mol. The van der Waals surface area contributed by atoms with Gasteiger partial charge in [0.25, 0.3) is 0 Å². The summed E-state index contributed by atoms with van der Waals surface area (Å²) in [5.74, 6) is 1.71. The van der Waals surface area contributed by atoms with Crippen molar-refractivity contribution in [2.75, 3.05) is 0 Å². The molecule has 266 valence electrons. The highest BCUT2D eigenvalue weighted by molar-refractivity contribution is 6.11. The van der Waals surface area contributed by atoms with Gasteiger partial charge in [0.1, 0.15) is 11.2 Å². The predicted octanol–water partition coefficient (Wildman–Crippen LogP) is 13.0. The molecule has 12 rings (SSSR count). The molecule has 6 heteroatoms. The van der Waals surface area contributed by atoms with Crippen LogP contribution in [0.25, 0.3) is 111 Å². The second-order valence-corrected chi connectivity index (χ2v) is 14.4. The third kappa shape index (κ3) is 4.87. The molecule has 4 aromatic heterocycles. The number of aromatic nitrogens is 5. The molecule has 0 aliphatic heterocycles. The molecule has 0 spiro atoms. The monoisotopic (exact) mass is 729 g/mol. The van der Waals surface area contributed by atoms with E-state index in [9.17, 15) is 0 Å². The van der Waals surface area contributed by atoms with Crippen LogP contribution >= 0.6 is 0 Å². The van der Waals surface area contributed by atoms with Gasteiger partial charge >= 0.3 is 0 Å². The van der Waals surface area contributed by atoms with Gasteiger partial charge in [-0.3, -0.25) is 9.13 Å². The fourth-order valence-electron chi connectivity index (χ4n) is 8.61. The first-order chi connectivity index (χ1) is 28.3. The summed E-state index contributed by atoms with van der Waals surface area (Å²) in [5.41, 5.74) is 11.2. The summed E-state index contributed by atoms with van der Waals surface area (Å²) >= 11 is 0. The first-order valence-electron chi connectivity index (χ1n) is 19.1. The number of fused-ring (bicyclic) bond motifs is 9. The smallest absolute Gasteiger partial charge is 0.240 e. The van der Waals surface area contributed by atoms with Crippen LogP contribution in [0.5, 0.6) is 0 Å². The van der Waals surface area contributed by atoms with Crippen LogP contribution in [0.3, 0.4) is 0 Å². The minimum absolute atomic E-state index is 0.559. The van der Waals surface area contributed by atoms with E-state index in [1.165, 1.54) is 0 Å². The van der Waals surface area contributed by atoms with Crippen LogP contribution in [0, 0.1) is 0 Å². The number of para-hydroxylation sites is 6. The standard InChI is InChI=1S/C51H31N5O/c1-6-22-43-37(15-1)38-16-2-7-23-44(38)55(43)50-52-49(53-51(54-50)56-45-24-8-3-17-39(45)40-18-4-9-25-46(40)56)35-14-11-13-34(31-35)32-27-29-33(30-28-32)36-20-12-21-42-41-19-5-10-26-47(41)57-48(36)42/h1-31H. The van der Waals surface area contributed by atoms with E-state index in [4.69, 9.17) is 19.4 Å². The highest BCUT2D eigenvalue weighted by Crippen LogP contribution is 2.38. The van der Waals surface area contributed by atoms with Crippen LogP contribution in [-0.2, 0) is 0 Å². The minimum atomic E-state index is 0.559. The number of benzene rings is 8. The maximum absolute atomic E-state index is 6.36. The van der Waals surface area contributed by atoms with E-state index in [1.807, 2.05) is 12.1 Å². The normalized spacial score (nSPS) is 11.9. The van der Waals surface area contributed by atoms with E-state index in [-0.39, 0.29) is 0 Å². The third-order valence-corrected chi connectivity index (χ3v) is 11.2. The van der Waals surface area contributed by atoms with Crippen LogP contribution in [0.4, 0.5) is 0 Å². The van der Waals surface area contributed by atoms with Gasteiger partial charge in [0.2, 0.25) is 11.9 Å². The molecular formula is C51H31N5O. The van der Waals surface area contributed by atoms with E-state index in [0.717, 1.165) is 93.4 Å². The third-order valence-electron chi connectivity index (χ3n) is 11.2. The molecule has 0 atom stereocenters. The van der Waals surface area contributed by atoms with Crippen molar-refractivity contribution < 1.29 is 4.42 Å². The Kier molecular flexibility index (Phi) is 6.83. The molecule has 0 saturated heterocycles. The summed E-state index contributed by atoms with van der Waals surface area (Å²) in [4.78, 5) is 15.8. The second-order valence-electron chi connectivity index (χ2n) is 14.4. The lowest BCUT2D eigenvalue weighted by Gasteiger charge is -2.13. The van der Waals surface area contributed by atoms with Crippen molar-refractivity contribution in [2.45, 2.75) is 0 Å². The molecule has 0 N–H and O–H groups in total.